The van der Waals surface area contributed by atoms with E-state index in [-0.39, 0.29) is 0 Å². The van der Waals surface area contributed by atoms with E-state index in [1.165, 1.54) is 45.1 Å². The van der Waals surface area contributed by atoms with Gasteiger partial charge in [0.25, 0.3) is 0 Å². The molecular weight excluding hydrogens is 224 g/mol. The fraction of sp³-hybridized carbons (Fsp3) is 1.00. The van der Waals surface area contributed by atoms with Crippen LogP contribution in [0, 0.1) is 5.92 Å². The quantitative estimate of drug-likeness (QED) is 0.814. The van der Waals surface area contributed by atoms with Crippen LogP contribution in [0.25, 0.3) is 0 Å². The number of hydrogen-bond donors (Lipinski definition) is 1. The van der Waals surface area contributed by atoms with E-state index >= 15 is 0 Å². The predicted molar refractivity (Wildman–Crippen MR) is 75.9 cm³/mol. The summed E-state index contributed by atoms with van der Waals surface area (Å²) in [5.74, 6) is 0.868. The highest BCUT2D eigenvalue weighted by molar-refractivity contribution is 4.79. The Kier molecular flexibility index (Phi) is 5.93. The Morgan fingerprint density at radius 3 is 2.56 bits per heavy atom. The van der Waals surface area contributed by atoms with Crippen LogP contribution in [-0.4, -0.2) is 50.3 Å². The molecule has 0 bridgehead atoms. The van der Waals surface area contributed by atoms with E-state index in [9.17, 15) is 0 Å². The first-order valence-corrected chi connectivity index (χ1v) is 7.78. The zero-order chi connectivity index (χ0) is 12.8. The van der Waals surface area contributed by atoms with Gasteiger partial charge in [-0.1, -0.05) is 19.8 Å². The maximum atomic E-state index is 5.42. The van der Waals surface area contributed by atoms with Crippen molar-refractivity contribution in [3.05, 3.63) is 0 Å². The number of rotatable bonds is 5. The van der Waals surface area contributed by atoms with Crippen molar-refractivity contribution < 1.29 is 4.74 Å². The molecule has 1 aliphatic heterocycles. The zero-order valence-electron chi connectivity index (χ0n) is 12.2. The lowest BCUT2D eigenvalue weighted by molar-refractivity contribution is 0.0429. The Labute approximate surface area is 112 Å². The SMILES string of the molecule is CC1CCCCC1NCCN(C)C1CCOCC1. The number of likely N-dealkylation sites (N-methyl/N-ethyl adjacent to an activating group) is 1. The summed E-state index contributed by atoms with van der Waals surface area (Å²) < 4.78 is 5.42. The Morgan fingerprint density at radius 1 is 1.11 bits per heavy atom. The average molecular weight is 254 g/mol. The van der Waals surface area contributed by atoms with Crippen molar-refractivity contribution in [2.75, 3.05) is 33.4 Å². The van der Waals surface area contributed by atoms with E-state index in [1.54, 1.807) is 0 Å². The molecule has 106 valence electrons. The molecule has 1 saturated carbocycles. The summed E-state index contributed by atoms with van der Waals surface area (Å²) in [5, 5.41) is 3.77. The first kappa shape index (κ1) is 14.3. The smallest absolute Gasteiger partial charge is 0.0480 e. The van der Waals surface area contributed by atoms with Gasteiger partial charge in [-0.15, -0.1) is 0 Å². The van der Waals surface area contributed by atoms with E-state index in [1.807, 2.05) is 0 Å². The van der Waals surface area contributed by atoms with Gasteiger partial charge in [0, 0.05) is 38.4 Å². The van der Waals surface area contributed by atoms with Gasteiger partial charge in [-0.2, -0.15) is 0 Å². The molecular formula is C15H30N2O. The third-order valence-corrected chi connectivity index (χ3v) is 4.80. The van der Waals surface area contributed by atoms with Crippen molar-refractivity contribution >= 4 is 0 Å². The van der Waals surface area contributed by atoms with E-state index in [4.69, 9.17) is 4.74 Å². The molecule has 0 radical (unpaired) electrons. The van der Waals surface area contributed by atoms with E-state index < -0.39 is 0 Å². The summed E-state index contributed by atoms with van der Waals surface area (Å²) in [6, 6.07) is 1.51. The number of nitrogens with zero attached hydrogens (tertiary/aromatic N) is 1. The monoisotopic (exact) mass is 254 g/mol. The third kappa shape index (κ3) is 4.22. The maximum absolute atomic E-state index is 5.42. The molecule has 0 aromatic heterocycles. The summed E-state index contributed by atoms with van der Waals surface area (Å²) in [7, 11) is 2.27. The van der Waals surface area contributed by atoms with Crippen LogP contribution in [0.2, 0.25) is 0 Å². The molecule has 2 aliphatic rings. The second-order valence-corrected chi connectivity index (χ2v) is 6.15. The molecule has 1 aliphatic carbocycles. The molecule has 0 spiro atoms. The minimum atomic E-state index is 0.740. The van der Waals surface area contributed by atoms with Crippen molar-refractivity contribution in [2.45, 2.75) is 57.5 Å². The van der Waals surface area contributed by atoms with Crippen molar-refractivity contribution in [1.82, 2.24) is 10.2 Å². The number of nitrogens with one attached hydrogen (secondary N) is 1. The lowest BCUT2D eigenvalue weighted by Crippen LogP contribution is -2.44. The molecule has 2 fully saturated rings. The molecule has 2 atom stereocenters. The molecule has 3 nitrogen and oxygen atoms in total. The van der Waals surface area contributed by atoms with Crippen LogP contribution >= 0.6 is 0 Å². The molecule has 2 unspecified atom stereocenters. The molecule has 3 heteroatoms. The summed E-state index contributed by atoms with van der Waals surface area (Å²) in [6.07, 6.45) is 8.04. The van der Waals surface area contributed by atoms with E-state index in [2.05, 4.69) is 24.2 Å². The van der Waals surface area contributed by atoms with Gasteiger partial charge in [0.1, 0.15) is 0 Å². The Bertz CT molecular complexity index is 229. The molecule has 1 heterocycles. The van der Waals surface area contributed by atoms with Gasteiger partial charge in [-0.25, -0.2) is 0 Å². The fourth-order valence-corrected chi connectivity index (χ4v) is 3.35. The second-order valence-electron chi connectivity index (χ2n) is 6.15. The first-order valence-electron chi connectivity index (χ1n) is 7.78. The molecule has 0 amide bonds. The minimum absolute atomic E-state index is 0.740. The number of ether oxygens (including phenoxy) is 1. The Morgan fingerprint density at radius 2 is 1.83 bits per heavy atom. The van der Waals surface area contributed by atoms with Crippen LogP contribution in [0.3, 0.4) is 0 Å². The van der Waals surface area contributed by atoms with Crippen LogP contribution in [0.1, 0.15) is 45.4 Å². The topological polar surface area (TPSA) is 24.5 Å². The fourth-order valence-electron chi connectivity index (χ4n) is 3.35. The van der Waals surface area contributed by atoms with Gasteiger partial charge < -0.3 is 15.0 Å². The molecule has 1 saturated heterocycles. The molecule has 0 aromatic carbocycles. The maximum Gasteiger partial charge on any atom is 0.0480 e. The van der Waals surface area contributed by atoms with Crippen LogP contribution in [-0.2, 0) is 4.74 Å². The highest BCUT2D eigenvalue weighted by atomic mass is 16.5. The van der Waals surface area contributed by atoms with Crippen molar-refractivity contribution in [1.29, 1.82) is 0 Å². The van der Waals surface area contributed by atoms with Crippen molar-refractivity contribution in [3.63, 3.8) is 0 Å². The number of hydrogen-bond acceptors (Lipinski definition) is 3. The van der Waals surface area contributed by atoms with Crippen molar-refractivity contribution in [2.24, 2.45) is 5.92 Å². The minimum Gasteiger partial charge on any atom is -0.381 e. The molecule has 1 N–H and O–H groups in total. The molecule has 2 rings (SSSR count). The van der Waals surface area contributed by atoms with Gasteiger partial charge in [0.15, 0.2) is 0 Å². The summed E-state index contributed by atoms with van der Waals surface area (Å²) >= 11 is 0. The summed E-state index contributed by atoms with van der Waals surface area (Å²) in [6.45, 7) is 6.61. The van der Waals surface area contributed by atoms with Crippen LogP contribution in [0.15, 0.2) is 0 Å². The Hall–Kier alpha value is -0.120. The largest absolute Gasteiger partial charge is 0.381 e. The van der Waals surface area contributed by atoms with Crippen LogP contribution in [0.4, 0.5) is 0 Å². The zero-order valence-corrected chi connectivity index (χ0v) is 12.2. The molecule has 18 heavy (non-hydrogen) atoms. The lowest BCUT2D eigenvalue weighted by atomic mass is 9.86. The van der Waals surface area contributed by atoms with Gasteiger partial charge in [-0.3, -0.25) is 0 Å². The van der Waals surface area contributed by atoms with Gasteiger partial charge >= 0.3 is 0 Å². The predicted octanol–water partition coefficient (Wildman–Crippen LogP) is 2.27. The van der Waals surface area contributed by atoms with Crippen LogP contribution < -0.4 is 5.32 Å². The van der Waals surface area contributed by atoms with Gasteiger partial charge in [0.05, 0.1) is 0 Å². The lowest BCUT2D eigenvalue weighted by Gasteiger charge is -2.33. The molecule has 0 aromatic rings. The highest BCUT2D eigenvalue weighted by Crippen LogP contribution is 2.23. The Balaban J connectivity index is 1.61. The van der Waals surface area contributed by atoms with Crippen molar-refractivity contribution in [3.8, 4) is 0 Å². The van der Waals surface area contributed by atoms with Gasteiger partial charge in [0.2, 0.25) is 0 Å². The van der Waals surface area contributed by atoms with Gasteiger partial charge in [-0.05, 0) is 38.6 Å². The highest BCUT2D eigenvalue weighted by Gasteiger charge is 2.21. The summed E-state index contributed by atoms with van der Waals surface area (Å²) in [4.78, 5) is 2.52. The van der Waals surface area contributed by atoms with Crippen LogP contribution in [0.5, 0.6) is 0 Å². The normalized spacial score (nSPS) is 30.8. The van der Waals surface area contributed by atoms with E-state index in [0.717, 1.165) is 37.8 Å². The standard InChI is InChI=1S/C15H30N2O/c1-13-5-3-4-6-15(13)16-9-10-17(2)14-7-11-18-12-8-14/h13-16H,3-12H2,1-2H3. The van der Waals surface area contributed by atoms with E-state index in [0.29, 0.717) is 0 Å². The summed E-state index contributed by atoms with van der Waals surface area (Å²) in [5.41, 5.74) is 0. The second kappa shape index (κ2) is 7.46. The third-order valence-electron chi connectivity index (χ3n) is 4.80. The first-order chi connectivity index (χ1) is 8.77. The average Bonchev–Trinajstić information content (AvgIpc) is 2.42.